The Labute approximate surface area is 211 Å². The molecular weight excluding hydrogens is 456 g/mol. The first-order valence-corrected chi connectivity index (χ1v) is 11.6. The summed E-state index contributed by atoms with van der Waals surface area (Å²) in [6, 6.07) is 26.7. The number of aliphatic hydroxyl groups excluding tert-OH is 2. The van der Waals surface area contributed by atoms with Crippen molar-refractivity contribution in [1.82, 2.24) is 0 Å². The van der Waals surface area contributed by atoms with E-state index in [9.17, 15) is 10.2 Å². The summed E-state index contributed by atoms with van der Waals surface area (Å²) < 4.78 is 23.9. The topological polar surface area (TPSA) is 77.4 Å². The number of ether oxygens (including phenoxy) is 4. The lowest BCUT2D eigenvalue weighted by atomic mass is 9.93. The first-order chi connectivity index (χ1) is 17.7. The Hall–Kier alpha value is -4.00. The van der Waals surface area contributed by atoms with Gasteiger partial charge in [-0.05, 0) is 34.4 Å². The number of aliphatic hydroxyl groups is 2. The molecule has 0 bridgehead atoms. The molecule has 6 nitrogen and oxygen atoms in total. The van der Waals surface area contributed by atoms with E-state index in [1.54, 1.807) is 38.5 Å². The van der Waals surface area contributed by atoms with Crippen LogP contribution >= 0.6 is 0 Å². The van der Waals surface area contributed by atoms with Gasteiger partial charge < -0.3 is 29.2 Å². The van der Waals surface area contributed by atoms with E-state index in [0.29, 0.717) is 45.3 Å². The Bertz CT molecular complexity index is 1170. The fourth-order valence-corrected chi connectivity index (χ4v) is 4.09. The molecule has 186 valence electrons. The molecule has 0 aliphatic rings. The van der Waals surface area contributed by atoms with Crippen LogP contribution in [0, 0.1) is 0 Å². The van der Waals surface area contributed by atoms with Gasteiger partial charge in [-0.3, -0.25) is 0 Å². The number of methoxy groups -OCH3 is 2. The summed E-state index contributed by atoms with van der Waals surface area (Å²) >= 11 is 0. The van der Waals surface area contributed by atoms with E-state index in [1.165, 1.54) is 0 Å². The standard InChI is InChI=1S/C30H30O6/c1-33-25-15-13-23(17-31)27(29(25)35-19-21-9-5-3-6-10-21)28-24(18-32)14-16-26(34-2)30(28)36-20-22-11-7-4-8-12-22/h3-16,31-32H,17-20H2,1-2H3. The zero-order valence-electron chi connectivity index (χ0n) is 20.4. The van der Waals surface area contributed by atoms with Crippen LogP contribution in [0.3, 0.4) is 0 Å². The first kappa shape index (κ1) is 25.1. The molecule has 0 aliphatic heterocycles. The molecule has 4 aromatic rings. The van der Waals surface area contributed by atoms with Gasteiger partial charge in [-0.25, -0.2) is 0 Å². The molecule has 0 saturated heterocycles. The molecule has 0 saturated carbocycles. The SMILES string of the molecule is COc1ccc(CO)c(-c2c(CO)ccc(OC)c2OCc2ccccc2)c1OCc1ccccc1. The number of rotatable bonds is 11. The normalized spacial score (nSPS) is 10.7. The zero-order valence-corrected chi connectivity index (χ0v) is 20.4. The van der Waals surface area contributed by atoms with Crippen molar-refractivity contribution in [2.45, 2.75) is 26.4 Å². The second kappa shape index (κ2) is 12.1. The van der Waals surface area contributed by atoms with Gasteiger partial charge in [0.15, 0.2) is 23.0 Å². The highest BCUT2D eigenvalue weighted by atomic mass is 16.5. The van der Waals surface area contributed by atoms with Gasteiger partial charge in [0.25, 0.3) is 0 Å². The van der Waals surface area contributed by atoms with Crippen LogP contribution in [0.5, 0.6) is 23.0 Å². The molecular formula is C30H30O6. The van der Waals surface area contributed by atoms with Crippen molar-refractivity contribution in [3.8, 4) is 34.1 Å². The molecule has 0 amide bonds. The largest absolute Gasteiger partial charge is 0.493 e. The average molecular weight is 487 g/mol. The number of hydrogen-bond acceptors (Lipinski definition) is 6. The van der Waals surface area contributed by atoms with Gasteiger partial charge in [0.2, 0.25) is 0 Å². The molecule has 0 unspecified atom stereocenters. The highest BCUT2D eigenvalue weighted by Crippen LogP contribution is 2.49. The summed E-state index contributed by atoms with van der Waals surface area (Å²) in [5.74, 6) is 1.89. The van der Waals surface area contributed by atoms with Crippen molar-refractivity contribution in [3.63, 3.8) is 0 Å². The van der Waals surface area contributed by atoms with Gasteiger partial charge in [-0.2, -0.15) is 0 Å². The Kier molecular flexibility index (Phi) is 8.44. The minimum atomic E-state index is -0.249. The summed E-state index contributed by atoms with van der Waals surface area (Å²) in [5.41, 5.74) is 4.33. The molecule has 0 aromatic heterocycles. The molecule has 36 heavy (non-hydrogen) atoms. The lowest BCUT2D eigenvalue weighted by Crippen LogP contribution is -2.06. The molecule has 0 fully saturated rings. The molecule has 0 spiro atoms. The highest BCUT2D eigenvalue weighted by Gasteiger charge is 2.25. The van der Waals surface area contributed by atoms with Gasteiger partial charge in [0.05, 0.1) is 27.4 Å². The van der Waals surface area contributed by atoms with Gasteiger partial charge in [-0.1, -0.05) is 72.8 Å². The van der Waals surface area contributed by atoms with E-state index in [2.05, 4.69) is 0 Å². The molecule has 0 aliphatic carbocycles. The molecule has 0 radical (unpaired) electrons. The van der Waals surface area contributed by atoms with Crippen molar-refractivity contribution in [1.29, 1.82) is 0 Å². The fourth-order valence-electron chi connectivity index (χ4n) is 4.09. The van der Waals surface area contributed by atoms with Crippen LogP contribution in [0.25, 0.3) is 11.1 Å². The summed E-state index contributed by atoms with van der Waals surface area (Å²) in [4.78, 5) is 0. The quantitative estimate of drug-likeness (QED) is 0.291. The number of hydrogen-bond donors (Lipinski definition) is 2. The van der Waals surface area contributed by atoms with Crippen LogP contribution in [-0.4, -0.2) is 24.4 Å². The third-order valence-corrected chi connectivity index (χ3v) is 5.90. The lowest BCUT2D eigenvalue weighted by Gasteiger charge is -2.23. The zero-order chi connectivity index (χ0) is 25.3. The second-order valence-corrected chi connectivity index (χ2v) is 8.13. The Morgan fingerprint density at radius 3 is 1.25 bits per heavy atom. The van der Waals surface area contributed by atoms with Crippen molar-refractivity contribution in [2.75, 3.05) is 14.2 Å². The highest BCUT2D eigenvalue weighted by molar-refractivity contribution is 5.85. The van der Waals surface area contributed by atoms with E-state index < -0.39 is 0 Å². The summed E-state index contributed by atoms with van der Waals surface area (Å²) in [5, 5.41) is 20.6. The second-order valence-electron chi connectivity index (χ2n) is 8.13. The van der Waals surface area contributed by atoms with Gasteiger partial charge in [0, 0.05) is 11.1 Å². The molecule has 0 heterocycles. The first-order valence-electron chi connectivity index (χ1n) is 11.6. The number of benzene rings is 4. The molecule has 2 N–H and O–H groups in total. The van der Waals surface area contributed by atoms with Crippen molar-refractivity contribution in [3.05, 3.63) is 107 Å². The van der Waals surface area contributed by atoms with E-state index in [1.807, 2.05) is 60.7 Å². The average Bonchev–Trinajstić information content (AvgIpc) is 2.94. The Morgan fingerprint density at radius 1 is 0.528 bits per heavy atom. The van der Waals surface area contributed by atoms with Crippen LogP contribution in [0.15, 0.2) is 84.9 Å². The maximum absolute atomic E-state index is 10.3. The van der Waals surface area contributed by atoms with E-state index in [0.717, 1.165) is 11.1 Å². The summed E-state index contributed by atoms with van der Waals surface area (Å²) in [6.45, 7) is 0.0812. The van der Waals surface area contributed by atoms with Crippen LogP contribution < -0.4 is 18.9 Å². The summed E-state index contributed by atoms with van der Waals surface area (Å²) in [7, 11) is 3.14. The third kappa shape index (κ3) is 5.46. The van der Waals surface area contributed by atoms with Crippen molar-refractivity contribution in [2.24, 2.45) is 0 Å². The van der Waals surface area contributed by atoms with Crippen LogP contribution in [-0.2, 0) is 26.4 Å². The molecule has 4 aromatic carbocycles. The van der Waals surface area contributed by atoms with E-state index in [4.69, 9.17) is 18.9 Å². The predicted octanol–water partition coefficient (Wildman–Crippen LogP) is 5.51. The Balaban J connectivity index is 1.89. The van der Waals surface area contributed by atoms with E-state index >= 15 is 0 Å². The third-order valence-electron chi connectivity index (χ3n) is 5.90. The van der Waals surface area contributed by atoms with Gasteiger partial charge in [-0.15, -0.1) is 0 Å². The van der Waals surface area contributed by atoms with Crippen molar-refractivity contribution >= 4 is 0 Å². The Morgan fingerprint density at radius 2 is 0.917 bits per heavy atom. The molecule has 6 heteroatoms. The van der Waals surface area contributed by atoms with Gasteiger partial charge >= 0.3 is 0 Å². The lowest BCUT2D eigenvalue weighted by molar-refractivity contribution is 0.267. The van der Waals surface area contributed by atoms with Crippen molar-refractivity contribution < 1.29 is 29.2 Å². The minimum absolute atomic E-state index is 0.249. The van der Waals surface area contributed by atoms with Gasteiger partial charge in [0.1, 0.15) is 13.2 Å². The summed E-state index contributed by atoms with van der Waals surface area (Å²) in [6.07, 6.45) is 0. The maximum atomic E-state index is 10.3. The monoisotopic (exact) mass is 486 g/mol. The molecule has 0 atom stereocenters. The minimum Gasteiger partial charge on any atom is -0.493 e. The van der Waals surface area contributed by atoms with Crippen LogP contribution in [0.2, 0.25) is 0 Å². The fraction of sp³-hybridized carbons (Fsp3) is 0.200. The van der Waals surface area contributed by atoms with E-state index in [-0.39, 0.29) is 26.4 Å². The molecule has 4 rings (SSSR count). The van der Waals surface area contributed by atoms with Crippen LogP contribution in [0.4, 0.5) is 0 Å². The predicted molar refractivity (Wildman–Crippen MR) is 138 cm³/mol. The van der Waals surface area contributed by atoms with Crippen LogP contribution in [0.1, 0.15) is 22.3 Å². The maximum Gasteiger partial charge on any atom is 0.169 e. The smallest absolute Gasteiger partial charge is 0.169 e.